The predicted molar refractivity (Wildman–Crippen MR) is 84.7 cm³/mol. The highest BCUT2D eigenvalue weighted by Crippen LogP contribution is 2.17. The number of rotatable bonds is 10. The molecule has 0 aliphatic heterocycles. The lowest BCUT2D eigenvalue weighted by Gasteiger charge is -2.15. The Morgan fingerprint density at radius 1 is 1.29 bits per heavy atom. The van der Waals surface area contributed by atoms with Gasteiger partial charge in [-0.3, -0.25) is 9.59 Å². The fraction of sp³-hybridized carbons (Fsp3) is 0.529. The molecule has 7 heteroatoms. The van der Waals surface area contributed by atoms with Gasteiger partial charge in [-0.05, 0) is 30.9 Å². The topological polar surface area (TPSA) is 75.6 Å². The summed E-state index contributed by atoms with van der Waals surface area (Å²) < 4.78 is 31.2. The number of hydrogen-bond acceptors (Lipinski definition) is 3. The smallest absolute Gasteiger partial charge is 0.308 e. The van der Waals surface area contributed by atoms with Crippen LogP contribution in [0.2, 0.25) is 0 Å². The standard InChI is InChI=1S/C17H23F2NO4/c1-11(2)8-12(17(22)23)10-20-16(21)4-3-7-24-15-6-5-13(18)9-14(15)19/h5-6,9,11-12H,3-4,7-8,10H2,1-2H3,(H,20,21)(H,22,23). The molecule has 0 aliphatic rings. The minimum Gasteiger partial charge on any atom is -0.491 e. The largest absolute Gasteiger partial charge is 0.491 e. The third kappa shape index (κ3) is 7.39. The Kier molecular flexibility index (Phi) is 8.15. The lowest BCUT2D eigenvalue weighted by molar-refractivity contribution is -0.142. The van der Waals surface area contributed by atoms with Crippen LogP contribution in [0.3, 0.4) is 0 Å². The van der Waals surface area contributed by atoms with Crippen LogP contribution in [0.25, 0.3) is 0 Å². The molecular formula is C17H23F2NO4. The molecule has 0 radical (unpaired) electrons. The molecule has 0 bridgehead atoms. The third-order valence-corrected chi connectivity index (χ3v) is 3.35. The van der Waals surface area contributed by atoms with Gasteiger partial charge in [-0.2, -0.15) is 0 Å². The number of carbonyl (C=O) groups excluding carboxylic acids is 1. The van der Waals surface area contributed by atoms with Crippen LogP contribution < -0.4 is 10.1 Å². The first kappa shape index (κ1) is 19.9. The number of aliphatic carboxylic acids is 1. The summed E-state index contributed by atoms with van der Waals surface area (Å²) in [5.41, 5.74) is 0. The molecular weight excluding hydrogens is 320 g/mol. The number of ether oxygens (including phenoxy) is 1. The Morgan fingerprint density at radius 2 is 2.00 bits per heavy atom. The van der Waals surface area contributed by atoms with Gasteiger partial charge < -0.3 is 15.2 Å². The Labute approximate surface area is 140 Å². The fourth-order valence-corrected chi connectivity index (χ4v) is 2.17. The van der Waals surface area contributed by atoms with E-state index in [0.29, 0.717) is 12.8 Å². The van der Waals surface area contributed by atoms with Gasteiger partial charge in [0, 0.05) is 19.0 Å². The zero-order valence-electron chi connectivity index (χ0n) is 13.9. The summed E-state index contributed by atoms with van der Waals surface area (Å²) >= 11 is 0. The molecule has 1 aromatic carbocycles. The number of hydrogen-bond donors (Lipinski definition) is 2. The molecule has 1 rings (SSSR count). The van der Waals surface area contributed by atoms with Crippen LogP contribution in [0.5, 0.6) is 5.75 Å². The van der Waals surface area contributed by atoms with E-state index >= 15 is 0 Å². The average Bonchev–Trinajstić information content (AvgIpc) is 2.49. The highest BCUT2D eigenvalue weighted by molar-refractivity contribution is 5.77. The van der Waals surface area contributed by atoms with Gasteiger partial charge in [0.1, 0.15) is 5.82 Å². The molecule has 24 heavy (non-hydrogen) atoms. The quantitative estimate of drug-likeness (QED) is 0.641. The first-order chi connectivity index (χ1) is 11.3. The number of amides is 1. The number of nitrogens with one attached hydrogen (secondary N) is 1. The van der Waals surface area contributed by atoms with E-state index in [9.17, 15) is 18.4 Å². The molecule has 1 amide bonds. The van der Waals surface area contributed by atoms with Crippen molar-refractivity contribution in [1.29, 1.82) is 0 Å². The van der Waals surface area contributed by atoms with Crippen LogP contribution in [-0.4, -0.2) is 30.1 Å². The zero-order valence-corrected chi connectivity index (χ0v) is 13.9. The van der Waals surface area contributed by atoms with Crippen LogP contribution in [-0.2, 0) is 9.59 Å². The Morgan fingerprint density at radius 3 is 2.58 bits per heavy atom. The highest BCUT2D eigenvalue weighted by atomic mass is 19.1. The Balaban J connectivity index is 2.27. The van der Waals surface area contributed by atoms with Crippen molar-refractivity contribution in [2.75, 3.05) is 13.2 Å². The van der Waals surface area contributed by atoms with Gasteiger partial charge in [0.25, 0.3) is 0 Å². The number of carboxylic acid groups (broad SMARTS) is 1. The van der Waals surface area contributed by atoms with Crippen molar-refractivity contribution in [1.82, 2.24) is 5.32 Å². The van der Waals surface area contributed by atoms with Gasteiger partial charge in [0.05, 0.1) is 12.5 Å². The summed E-state index contributed by atoms with van der Waals surface area (Å²) in [6.07, 6.45) is 0.962. The second kappa shape index (κ2) is 9.85. The van der Waals surface area contributed by atoms with Crippen LogP contribution in [0.4, 0.5) is 8.78 Å². The maximum absolute atomic E-state index is 13.3. The average molecular weight is 343 g/mol. The lowest BCUT2D eigenvalue weighted by Crippen LogP contribution is -2.33. The third-order valence-electron chi connectivity index (χ3n) is 3.35. The summed E-state index contributed by atoms with van der Waals surface area (Å²) in [5.74, 6) is -3.15. The molecule has 1 aromatic rings. The summed E-state index contributed by atoms with van der Waals surface area (Å²) in [7, 11) is 0. The van der Waals surface area contributed by atoms with E-state index in [-0.39, 0.29) is 37.1 Å². The molecule has 1 unspecified atom stereocenters. The monoisotopic (exact) mass is 343 g/mol. The van der Waals surface area contributed by atoms with Crippen LogP contribution >= 0.6 is 0 Å². The Hall–Kier alpha value is -2.18. The van der Waals surface area contributed by atoms with Crippen molar-refractivity contribution in [2.45, 2.75) is 33.1 Å². The van der Waals surface area contributed by atoms with Crippen LogP contribution in [0, 0.1) is 23.5 Å². The van der Waals surface area contributed by atoms with Crippen molar-refractivity contribution >= 4 is 11.9 Å². The second-order valence-corrected chi connectivity index (χ2v) is 6.00. The van der Waals surface area contributed by atoms with E-state index < -0.39 is 23.5 Å². The minimum absolute atomic E-state index is 0.0697. The maximum Gasteiger partial charge on any atom is 0.308 e. The fourth-order valence-electron chi connectivity index (χ4n) is 2.17. The van der Waals surface area contributed by atoms with Crippen LogP contribution in [0.15, 0.2) is 18.2 Å². The molecule has 0 heterocycles. The summed E-state index contributed by atoms with van der Waals surface area (Å²) in [6.45, 7) is 4.03. The van der Waals surface area contributed by atoms with Gasteiger partial charge in [-0.25, -0.2) is 8.78 Å². The molecule has 0 fully saturated rings. The molecule has 0 aromatic heterocycles. The van der Waals surface area contributed by atoms with E-state index in [1.807, 2.05) is 13.8 Å². The van der Waals surface area contributed by atoms with Crippen molar-refractivity contribution in [3.63, 3.8) is 0 Å². The van der Waals surface area contributed by atoms with Crippen molar-refractivity contribution in [3.05, 3.63) is 29.8 Å². The van der Waals surface area contributed by atoms with E-state index in [0.717, 1.165) is 12.1 Å². The van der Waals surface area contributed by atoms with Gasteiger partial charge in [-0.15, -0.1) is 0 Å². The highest BCUT2D eigenvalue weighted by Gasteiger charge is 2.19. The molecule has 134 valence electrons. The number of benzene rings is 1. The van der Waals surface area contributed by atoms with Crippen LogP contribution in [0.1, 0.15) is 33.1 Å². The normalized spacial score (nSPS) is 12.0. The van der Waals surface area contributed by atoms with Crippen molar-refractivity contribution in [2.24, 2.45) is 11.8 Å². The second-order valence-electron chi connectivity index (χ2n) is 6.00. The molecule has 0 spiro atoms. The van der Waals surface area contributed by atoms with E-state index in [4.69, 9.17) is 9.84 Å². The molecule has 2 N–H and O–H groups in total. The van der Waals surface area contributed by atoms with E-state index in [2.05, 4.69) is 5.32 Å². The lowest BCUT2D eigenvalue weighted by atomic mass is 9.97. The minimum atomic E-state index is -0.931. The molecule has 0 aliphatic carbocycles. The summed E-state index contributed by atoms with van der Waals surface area (Å²) in [6, 6.07) is 3.00. The Bertz CT molecular complexity index is 564. The van der Waals surface area contributed by atoms with Crippen molar-refractivity contribution in [3.8, 4) is 5.75 Å². The zero-order chi connectivity index (χ0) is 18.1. The van der Waals surface area contributed by atoms with Gasteiger partial charge in [-0.1, -0.05) is 13.8 Å². The summed E-state index contributed by atoms with van der Waals surface area (Å²) in [5, 5.41) is 11.7. The number of carboxylic acids is 1. The van der Waals surface area contributed by atoms with Gasteiger partial charge in [0.2, 0.25) is 5.91 Å². The van der Waals surface area contributed by atoms with Gasteiger partial charge in [0.15, 0.2) is 11.6 Å². The molecule has 0 saturated carbocycles. The van der Waals surface area contributed by atoms with Crippen molar-refractivity contribution < 1.29 is 28.2 Å². The number of halogens is 2. The first-order valence-electron chi connectivity index (χ1n) is 7.87. The van der Waals surface area contributed by atoms with E-state index in [1.54, 1.807) is 0 Å². The molecule has 1 atom stereocenters. The molecule has 5 nitrogen and oxygen atoms in total. The SMILES string of the molecule is CC(C)CC(CNC(=O)CCCOc1ccc(F)cc1F)C(=O)O. The maximum atomic E-state index is 13.3. The van der Waals surface area contributed by atoms with Gasteiger partial charge >= 0.3 is 5.97 Å². The van der Waals surface area contributed by atoms with E-state index in [1.165, 1.54) is 6.07 Å². The molecule has 0 saturated heterocycles. The first-order valence-corrected chi connectivity index (χ1v) is 7.87. The summed E-state index contributed by atoms with van der Waals surface area (Å²) in [4.78, 5) is 22.8. The predicted octanol–water partition coefficient (Wildman–Crippen LogP) is 2.99. The number of carbonyl (C=O) groups is 2.